The number of nitrogens with one attached hydrogen (secondary N) is 1. The highest BCUT2D eigenvalue weighted by atomic mass is 19.3. The highest BCUT2D eigenvalue weighted by molar-refractivity contribution is 5.99. The van der Waals surface area contributed by atoms with Crippen LogP contribution in [0.25, 0.3) is 10.8 Å². The number of halogens is 2. The SMILES string of the molecule is Cc1cc2c(NCC(F)F)ccc([N+](=O)[O-])c2cn1. The summed E-state index contributed by atoms with van der Waals surface area (Å²) in [5.74, 6) is 0. The summed E-state index contributed by atoms with van der Waals surface area (Å²) in [5, 5.41) is 14.3. The van der Waals surface area contributed by atoms with Gasteiger partial charge in [0.15, 0.2) is 0 Å². The minimum absolute atomic E-state index is 0.0925. The predicted molar refractivity (Wildman–Crippen MR) is 67.6 cm³/mol. The number of rotatable bonds is 4. The summed E-state index contributed by atoms with van der Waals surface area (Å²) in [6, 6.07) is 4.35. The highest BCUT2D eigenvalue weighted by Crippen LogP contribution is 2.31. The quantitative estimate of drug-likeness (QED) is 0.682. The van der Waals surface area contributed by atoms with E-state index in [0.29, 0.717) is 22.2 Å². The molecule has 1 heterocycles. The minimum atomic E-state index is -2.49. The van der Waals surface area contributed by atoms with Gasteiger partial charge in [-0.2, -0.15) is 0 Å². The van der Waals surface area contributed by atoms with E-state index in [1.54, 1.807) is 13.0 Å². The number of fused-ring (bicyclic) bond motifs is 1. The third-order valence-corrected chi connectivity index (χ3v) is 2.66. The van der Waals surface area contributed by atoms with Crippen molar-refractivity contribution in [3.63, 3.8) is 0 Å². The molecule has 1 N–H and O–H groups in total. The number of nitro benzene ring substituents is 1. The summed E-state index contributed by atoms with van der Waals surface area (Å²) >= 11 is 0. The Morgan fingerprint density at radius 3 is 2.79 bits per heavy atom. The Labute approximate surface area is 107 Å². The zero-order valence-electron chi connectivity index (χ0n) is 10.1. The largest absolute Gasteiger partial charge is 0.379 e. The van der Waals surface area contributed by atoms with Crippen molar-refractivity contribution < 1.29 is 13.7 Å². The van der Waals surface area contributed by atoms with Gasteiger partial charge in [0.05, 0.1) is 16.9 Å². The molecule has 0 bridgehead atoms. The van der Waals surface area contributed by atoms with E-state index in [1.807, 2.05) is 0 Å². The fraction of sp³-hybridized carbons (Fsp3) is 0.250. The van der Waals surface area contributed by atoms with Gasteiger partial charge in [-0.25, -0.2) is 8.78 Å². The van der Waals surface area contributed by atoms with Crippen LogP contribution in [-0.2, 0) is 0 Å². The summed E-state index contributed by atoms with van der Waals surface area (Å²) in [5.41, 5.74) is 1.00. The number of aryl methyl sites for hydroxylation is 1. The van der Waals surface area contributed by atoms with E-state index in [4.69, 9.17) is 0 Å². The average Bonchev–Trinajstić information content (AvgIpc) is 2.35. The van der Waals surface area contributed by atoms with E-state index in [9.17, 15) is 18.9 Å². The molecule has 1 aromatic heterocycles. The molecule has 0 aliphatic rings. The van der Waals surface area contributed by atoms with Gasteiger partial charge in [0.2, 0.25) is 0 Å². The Balaban J connectivity index is 2.57. The second-order valence-corrected chi connectivity index (χ2v) is 4.03. The van der Waals surface area contributed by atoms with Gasteiger partial charge in [-0.3, -0.25) is 15.1 Å². The molecule has 0 saturated heterocycles. The molecule has 100 valence electrons. The van der Waals surface area contributed by atoms with E-state index in [-0.39, 0.29) is 5.69 Å². The van der Waals surface area contributed by atoms with Gasteiger partial charge in [0.1, 0.15) is 0 Å². The van der Waals surface area contributed by atoms with Crippen LogP contribution in [0.5, 0.6) is 0 Å². The molecular weight excluding hydrogens is 256 g/mol. The van der Waals surface area contributed by atoms with E-state index in [1.165, 1.54) is 18.3 Å². The number of alkyl halides is 2. The van der Waals surface area contributed by atoms with Crippen LogP contribution in [0.1, 0.15) is 5.69 Å². The van der Waals surface area contributed by atoms with Gasteiger partial charge in [-0.15, -0.1) is 0 Å². The van der Waals surface area contributed by atoms with Gasteiger partial charge in [0, 0.05) is 29.0 Å². The normalized spacial score (nSPS) is 10.9. The Hall–Kier alpha value is -2.31. The van der Waals surface area contributed by atoms with Crippen LogP contribution in [0, 0.1) is 17.0 Å². The average molecular weight is 267 g/mol. The molecule has 19 heavy (non-hydrogen) atoms. The van der Waals surface area contributed by atoms with Crippen molar-refractivity contribution >= 4 is 22.1 Å². The molecule has 5 nitrogen and oxygen atoms in total. The fourth-order valence-electron chi connectivity index (χ4n) is 1.83. The lowest BCUT2D eigenvalue weighted by molar-refractivity contribution is -0.383. The number of benzene rings is 1. The van der Waals surface area contributed by atoms with Crippen molar-refractivity contribution in [2.24, 2.45) is 0 Å². The number of nitrogens with zero attached hydrogens (tertiary/aromatic N) is 2. The molecule has 0 aliphatic heterocycles. The minimum Gasteiger partial charge on any atom is -0.379 e. The standard InChI is InChI=1S/C12H11F2N3O2/c1-7-4-8-9(5-15-7)11(17(18)19)3-2-10(8)16-6-12(13)14/h2-5,12,16H,6H2,1H3. The number of hydrogen-bond acceptors (Lipinski definition) is 4. The predicted octanol–water partition coefficient (Wildman–Crippen LogP) is 3.13. The molecule has 0 spiro atoms. The smallest absolute Gasteiger partial charge is 0.278 e. The number of non-ortho nitro benzene ring substituents is 1. The molecule has 2 aromatic rings. The first-order valence-corrected chi connectivity index (χ1v) is 5.55. The monoisotopic (exact) mass is 267 g/mol. The van der Waals surface area contributed by atoms with E-state index < -0.39 is 17.9 Å². The number of anilines is 1. The molecule has 0 amide bonds. The van der Waals surface area contributed by atoms with Crippen LogP contribution in [0.15, 0.2) is 24.4 Å². The molecule has 7 heteroatoms. The van der Waals surface area contributed by atoms with Gasteiger partial charge < -0.3 is 5.32 Å². The zero-order chi connectivity index (χ0) is 14.0. The first kappa shape index (κ1) is 13.1. The molecule has 0 radical (unpaired) electrons. The van der Waals surface area contributed by atoms with Crippen molar-refractivity contribution in [3.8, 4) is 0 Å². The van der Waals surface area contributed by atoms with Crippen LogP contribution in [0.3, 0.4) is 0 Å². The Morgan fingerprint density at radius 2 is 2.16 bits per heavy atom. The van der Waals surface area contributed by atoms with Crippen molar-refractivity contribution in [2.75, 3.05) is 11.9 Å². The third-order valence-electron chi connectivity index (χ3n) is 2.66. The lowest BCUT2D eigenvalue weighted by atomic mass is 10.1. The molecule has 0 unspecified atom stereocenters. The topological polar surface area (TPSA) is 68.1 Å². The summed E-state index contributed by atoms with van der Waals surface area (Å²) in [6.45, 7) is 1.23. The van der Waals surface area contributed by atoms with Gasteiger partial charge in [-0.05, 0) is 19.1 Å². The molecule has 0 fully saturated rings. The Bertz CT molecular complexity index is 632. The van der Waals surface area contributed by atoms with Crippen LogP contribution in [-0.4, -0.2) is 22.9 Å². The van der Waals surface area contributed by atoms with Crippen molar-refractivity contribution in [1.29, 1.82) is 0 Å². The first-order chi connectivity index (χ1) is 8.99. The third kappa shape index (κ3) is 2.75. The van der Waals surface area contributed by atoms with E-state index in [0.717, 1.165) is 0 Å². The molecule has 0 aliphatic carbocycles. The van der Waals surface area contributed by atoms with Crippen molar-refractivity contribution in [2.45, 2.75) is 13.3 Å². The van der Waals surface area contributed by atoms with Gasteiger partial charge >= 0.3 is 0 Å². The maximum absolute atomic E-state index is 12.2. The summed E-state index contributed by atoms with van der Waals surface area (Å²) in [4.78, 5) is 14.4. The summed E-state index contributed by atoms with van der Waals surface area (Å²) in [7, 11) is 0. The number of pyridine rings is 1. The van der Waals surface area contributed by atoms with Crippen LogP contribution in [0.2, 0.25) is 0 Å². The number of nitro groups is 1. The van der Waals surface area contributed by atoms with E-state index >= 15 is 0 Å². The maximum Gasteiger partial charge on any atom is 0.278 e. The summed E-state index contributed by atoms with van der Waals surface area (Å²) < 4.78 is 24.4. The van der Waals surface area contributed by atoms with Crippen LogP contribution < -0.4 is 5.32 Å². The fourth-order valence-corrected chi connectivity index (χ4v) is 1.83. The van der Waals surface area contributed by atoms with E-state index in [2.05, 4.69) is 10.3 Å². The van der Waals surface area contributed by atoms with Crippen LogP contribution >= 0.6 is 0 Å². The molecular formula is C12H11F2N3O2. The second kappa shape index (κ2) is 5.13. The Morgan fingerprint density at radius 1 is 1.42 bits per heavy atom. The second-order valence-electron chi connectivity index (χ2n) is 4.03. The molecule has 2 rings (SSSR count). The molecule has 0 atom stereocenters. The molecule has 1 aromatic carbocycles. The first-order valence-electron chi connectivity index (χ1n) is 5.55. The maximum atomic E-state index is 12.2. The number of aromatic nitrogens is 1. The van der Waals surface area contributed by atoms with Crippen molar-refractivity contribution in [1.82, 2.24) is 4.98 Å². The van der Waals surface area contributed by atoms with Gasteiger partial charge in [-0.1, -0.05) is 0 Å². The van der Waals surface area contributed by atoms with Crippen LogP contribution in [0.4, 0.5) is 20.2 Å². The zero-order valence-corrected chi connectivity index (χ0v) is 10.1. The van der Waals surface area contributed by atoms with Crippen molar-refractivity contribution in [3.05, 3.63) is 40.2 Å². The molecule has 0 saturated carbocycles. The lowest BCUT2D eigenvalue weighted by Crippen LogP contribution is -2.10. The lowest BCUT2D eigenvalue weighted by Gasteiger charge is -2.10. The van der Waals surface area contributed by atoms with Gasteiger partial charge in [0.25, 0.3) is 12.1 Å². The summed E-state index contributed by atoms with van der Waals surface area (Å²) in [6.07, 6.45) is -1.11. The highest BCUT2D eigenvalue weighted by Gasteiger charge is 2.15. The Kier molecular flexibility index (Phi) is 3.55. The number of hydrogen-bond donors (Lipinski definition) is 1.